The summed E-state index contributed by atoms with van der Waals surface area (Å²) in [6.45, 7) is 2.88. The lowest BCUT2D eigenvalue weighted by Crippen LogP contribution is -2.26. The highest BCUT2D eigenvalue weighted by Gasteiger charge is 2.24. The van der Waals surface area contributed by atoms with Gasteiger partial charge in [-0.1, -0.05) is 36.4 Å². The Morgan fingerprint density at radius 2 is 1.31 bits per heavy atom. The van der Waals surface area contributed by atoms with E-state index in [1.165, 1.54) is 39.4 Å². The molecule has 288 valence electrons. The topological polar surface area (TPSA) is 239 Å². The van der Waals surface area contributed by atoms with Gasteiger partial charge in [-0.05, 0) is 24.3 Å². The molecule has 54 heavy (non-hydrogen) atoms. The molecule has 0 bridgehead atoms. The summed E-state index contributed by atoms with van der Waals surface area (Å²) in [5.41, 5.74) is 12.4. The molecule has 4 aromatic heterocycles. The number of ether oxygens (including phenoxy) is 3. The molecule has 0 aliphatic rings. The van der Waals surface area contributed by atoms with Crippen molar-refractivity contribution >= 4 is 48.8 Å². The predicted molar refractivity (Wildman–Crippen MR) is 201 cm³/mol. The zero-order chi connectivity index (χ0) is 38.7. The summed E-state index contributed by atoms with van der Waals surface area (Å²) in [6.07, 6.45) is 2.69. The van der Waals surface area contributed by atoms with E-state index in [0.29, 0.717) is 28.3 Å². The minimum absolute atomic E-state index is 0.00206. The number of H-pyrrole nitrogens is 1. The van der Waals surface area contributed by atoms with Gasteiger partial charge in [0.25, 0.3) is 20.3 Å². The first-order valence-corrected chi connectivity index (χ1v) is 20.9. The minimum Gasteiger partial charge on any atom is -0.441 e. The number of fused-ring (bicyclic) bond motifs is 2. The molecule has 6 aromatic rings. The minimum atomic E-state index is -3.09. The van der Waals surface area contributed by atoms with Crippen LogP contribution in [0.3, 0.4) is 0 Å². The molecule has 21 heteroatoms. The van der Waals surface area contributed by atoms with Crippen LogP contribution in [0.25, 0.3) is 22.3 Å². The van der Waals surface area contributed by atoms with Crippen LogP contribution in [0.1, 0.15) is 0 Å². The average molecular weight is 787 g/mol. The number of benzene rings is 2. The number of methoxy groups -OCH3 is 1. The molecule has 18 nitrogen and oxygen atoms in total. The second kappa shape index (κ2) is 18.2. The van der Waals surface area contributed by atoms with E-state index in [9.17, 15) is 18.3 Å². The SMILES string of the molecule is COC[C@@H](Cn1cnc2c(=O)[nH]c(N)nc21)OCP(C)(=O)Oc1ccccc1.CP(=O)(CO[C@@H](CF)Cn1cnc2c(N)ncnc21)Oc1ccccc1. The largest absolute Gasteiger partial charge is 0.441 e. The number of para-hydroxylation sites is 2. The van der Waals surface area contributed by atoms with Gasteiger partial charge in [-0.25, -0.2) is 24.3 Å². The number of nitrogen functional groups attached to an aromatic ring is 2. The Kier molecular flexibility index (Phi) is 13.5. The normalized spacial score (nSPS) is 14.7. The molecule has 0 saturated carbocycles. The fourth-order valence-corrected chi connectivity index (χ4v) is 7.21. The lowest BCUT2D eigenvalue weighted by molar-refractivity contribution is 0.00741. The number of nitrogens with zero attached hydrogens (tertiary/aromatic N) is 7. The first-order chi connectivity index (χ1) is 25.9. The van der Waals surface area contributed by atoms with Crippen LogP contribution in [0.15, 0.2) is 84.4 Å². The summed E-state index contributed by atoms with van der Waals surface area (Å²) in [5, 5.41) is 0. The van der Waals surface area contributed by atoms with E-state index in [2.05, 4.69) is 29.9 Å². The van der Waals surface area contributed by atoms with Crippen molar-refractivity contribution < 1.29 is 36.8 Å². The molecule has 5 N–H and O–H groups in total. The van der Waals surface area contributed by atoms with E-state index in [-0.39, 0.29) is 49.7 Å². The quantitative estimate of drug-likeness (QED) is 0.109. The van der Waals surface area contributed by atoms with Crippen molar-refractivity contribution in [2.75, 3.05) is 57.9 Å². The lowest BCUT2D eigenvalue weighted by Gasteiger charge is -2.21. The van der Waals surface area contributed by atoms with Gasteiger partial charge >= 0.3 is 0 Å². The third kappa shape index (κ3) is 11.2. The van der Waals surface area contributed by atoms with Crippen molar-refractivity contribution in [2.45, 2.75) is 25.3 Å². The summed E-state index contributed by atoms with van der Waals surface area (Å²) in [4.78, 5) is 34.6. The second-order valence-electron chi connectivity index (χ2n) is 12.1. The highest BCUT2D eigenvalue weighted by Crippen LogP contribution is 2.44. The van der Waals surface area contributed by atoms with Crippen molar-refractivity contribution in [1.29, 1.82) is 0 Å². The molecule has 4 atom stereocenters. The third-order valence-electron chi connectivity index (χ3n) is 7.42. The molecule has 2 unspecified atom stereocenters. The number of hydrogen-bond donors (Lipinski definition) is 3. The van der Waals surface area contributed by atoms with Gasteiger partial charge in [0, 0.05) is 20.4 Å². The molecule has 0 spiro atoms. The Hall–Kier alpha value is -5.19. The monoisotopic (exact) mass is 786 g/mol. The summed E-state index contributed by atoms with van der Waals surface area (Å²) in [7, 11) is -4.59. The van der Waals surface area contributed by atoms with Crippen LogP contribution in [0, 0.1) is 0 Å². The molecule has 0 aliphatic carbocycles. The zero-order valence-corrected chi connectivity index (χ0v) is 31.5. The van der Waals surface area contributed by atoms with E-state index < -0.39 is 39.2 Å². The van der Waals surface area contributed by atoms with Crippen LogP contribution < -0.4 is 26.1 Å². The van der Waals surface area contributed by atoms with Gasteiger partial charge in [0.2, 0.25) is 5.95 Å². The maximum absolute atomic E-state index is 13.4. The summed E-state index contributed by atoms with van der Waals surface area (Å²) in [6, 6.07) is 17.7. The molecule has 0 amide bonds. The predicted octanol–water partition coefficient (Wildman–Crippen LogP) is 4.39. The number of alkyl halides is 1. The molecule has 2 aromatic carbocycles. The van der Waals surface area contributed by atoms with Crippen LogP contribution in [0.4, 0.5) is 16.2 Å². The molecule has 0 radical (unpaired) electrons. The molecular weight excluding hydrogens is 745 g/mol. The van der Waals surface area contributed by atoms with Gasteiger partial charge in [-0.3, -0.25) is 18.9 Å². The Labute approximate surface area is 308 Å². The summed E-state index contributed by atoms with van der Waals surface area (Å²) in [5.74, 6) is 1.24. The molecular formula is C33H41FN10O8P2. The highest BCUT2D eigenvalue weighted by atomic mass is 31.2. The van der Waals surface area contributed by atoms with Crippen molar-refractivity contribution in [2.24, 2.45) is 0 Å². The fourth-order valence-electron chi connectivity index (χ4n) is 5.00. The average Bonchev–Trinajstić information content (AvgIpc) is 3.74. The Morgan fingerprint density at radius 1 is 0.778 bits per heavy atom. The second-order valence-corrected chi connectivity index (χ2v) is 17.1. The number of imidazole rings is 2. The van der Waals surface area contributed by atoms with Gasteiger partial charge in [-0.2, -0.15) is 4.98 Å². The number of nitrogens with two attached hydrogens (primary N) is 2. The van der Waals surface area contributed by atoms with Crippen molar-refractivity contribution in [3.8, 4) is 11.5 Å². The maximum Gasteiger partial charge on any atom is 0.280 e. The number of anilines is 2. The Bertz CT molecular complexity index is 2280. The van der Waals surface area contributed by atoms with Crippen molar-refractivity contribution in [3.63, 3.8) is 0 Å². The first-order valence-electron chi connectivity index (χ1n) is 16.4. The smallest absolute Gasteiger partial charge is 0.280 e. The molecule has 0 fully saturated rings. The van der Waals surface area contributed by atoms with E-state index >= 15 is 0 Å². The van der Waals surface area contributed by atoms with Crippen molar-refractivity contribution in [1.82, 2.24) is 39.0 Å². The number of rotatable bonds is 17. The number of aromatic amines is 1. The standard InChI is InChI=1S/C17H22N5O5P.C16H19FN5O3P/c1-25-9-13(26-11-28(2,24)27-12-6-4-3-5-7-12)8-22-10-19-14-15(22)20-17(18)21-16(14)23;1-26(23,25-12-5-3-2-4-6-12)11-24-13(7-17)8-22-10-21-14-15(18)19-9-20-16(14)22/h3-7,10,13H,8-9,11H2,1-2H3,(H3,18,20,21,23);2-6,9-10,13H,7-8,11H2,1H3,(H2,18,19,20)/t13-,28?;13-,26?/m10/s1. The van der Waals surface area contributed by atoms with Crippen LogP contribution in [-0.4, -0.2) is 97.7 Å². The van der Waals surface area contributed by atoms with Crippen molar-refractivity contribution in [3.05, 3.63) is 90.0 Å². The fraction of sp³-hybridized carbons (Fsp3) is 0.333. The van der Waals surface area contributed by atoms with Gasteiger partial charge in [0.15, 0.2) is 22.6 Å². The van der Waals surface area contributed by atoms with Crippen LogP contribution in [0.5, 0.6) is 11.5 Å². The molecule has 4 heterocycles. The number of aromatic nitrogens is 8. The van der Waals surface area contributed by atoms with Crippen LogP contribution >= 0.6 is 14.7 Å². The number of hydrogen-bond acceptors (Lipinski definition) is 15. The Morgan fingerprint density at radius 3 is 1.89 bits per heavy atom. The first kappa shape index (κ1) is 40.0. The highest BCUT2D eigenvalue weighted by molar-refractivity contribution is 7.58. The van der Waals surface area contributed by atoms with Crippen LogP contribution in [0.2, 0.25) is 0 Å². The Balaban J connectivity index is 0.000000208. The number of halogens is 1. The van der Waals surface area contributed by atoms with E-state index in [1.807, 2.05) is 12.1 Å². The van der Waals surface area contributed by atoms with Gasteiger partial charge in [0.05, 0.1) is 38.5 Å². The lowest BCUT2D eigenvalue weighted by atomic mass is 10.3. The summed E-state index contributed by atoms with van der Waals surface area (Å²) < 4.78 is 69.4. The van der Waals surface area contributed by atoms with Gasteiger partial charge in [0.1, 0.15) is 48.8 Å². The molecule has 6 rings (SSSR count). The zero-order valence-electron chi connectivity index (χ0n) is 29.7. The van der Waals surface area contributed by atoms with Gasteiger partial charge in [-0.15, -0.1) is 0 Å². The molecule has 0 aliphatic heterocycles. The summed E-state index contributed by atoms with van der Waals surface area (Å²) >= 11 is 0. The van der Waals surface area contributed by atoms with Gasteiger partial charge < -0.3 is 43.9 Å². The third-order valence-corrected chi connectivity index (χ3v) is 9.85. The van der Waals surface area contributed by atoms with E-state index in [4.69, 9.17) is 34.7 Å². The van der Waals surface area contributed by atoms with E-state index in [1.54, 1.807) is 57.7 Å². The molecule has 0 saturated heterocycles. The van der Waals surface area contributed by atoms with Crippen LogP contribution in [-0.2, 0) is 36.4 Å². The number of nitrogens with one attached hydrogen (secondary N) is 1. The maximum atomic E-state index is 13.4. The van der Waals surface area contributed by atoms with E-state index in [0.717, 1.165) is 0 Å².